The molecule has 0 radical (unpaired) electrons. The van der Waals surface area contributed by atoms with E-state index in [0.29, 0.717) is 30.5 Å². The number of nitrogens with zero attached hydrogens (tertiary/aromatic N) is 3. The van der Waals surface area contributed by atoms with Crippen LogP contribution in [0.25, 0.3) is 0 Å². The lowest BCUT2D eigenvalue weighted by Gasteiger charge is -2.30. The minimum absolute atomic E-state index is 0.0591. The van der Waals surface area contributed by atoms with Crippen LogP contribution in [-0.2, 0) is 11.2 Å². The Morgan fingerprint density at radius 1 is 1.19 bits per heavy atom. The van der Waals surface area contributed by atoms with E-state index in [1.54, 1.807) is 22.4 Å². The summed E-state index contributed by atoms with van der Waals surface area (Å²) in [7, 11) is 0. The highest BCUT2D eigenvalue weighted by Crippen LogP contribution is 2.27. The number of aromatic nitrogens is 1. The van der Waals surface area contributed by atoms with Crippen molar-refractivity contribution in [3.8, 4) is 0 Å². The number of pyridine rings is 1. The molecule has 2 fully saturated rings. The Hall–Kier alpha value is -2.41. The van der Waals surface area contributed by atoms with Gasteiger partial charge in [-0.25, -0.2) is 9.78 Å². The van der Waals surface area contributed by atoms with E-state index in [0.717, 1.165) is 24.3 Å². The maximum Gasteiger partial charge on any atom is 0.326 e. The van der Waals surface area contributed by atoms with Crippen molar-refractivity contribution in [1.82, 2.24) is 9.88 Å². The van der Waals surface area contributed by atoms with Gasteiger partial charge in [-0.3, -0.25) is 9.69 Å². The second-order valence-electron chi connectivity index (χ2n) is 7.13. The number of carbonyl (C=O) groups excluding carboxylic acids is 2. The van der Waals surface area contributed by atoms with Gasteiger partial charge in [0, 0.05) is 24.0 Å². The maximum absolute atomic E-state index is 12.8. The number of rotatable bonds is 5. The number of hydrogen-bond donors (Lipinski definition) is 1. The molecule has 0 spiro atoms. The van der Waals surface area contributed by atoms with Gasteiger partial charge in [-0.2, -0.15) is 0 Å². The molecule has 2 aromatic rings. The first-order valence-electron chi connectivity index (χ1n) is 9.57. The van der Waals surface area contributed by atoms with E-state index in [-0.39, 0.29) is 11.9 Å². The molecule has 27 heavy (non-hydrogen) atoms. The van der Waals surface area contributed by atoms with Crippen molar-refractivity contribution in [2.45, 2.75) is 44.6 Å². The molecule has 6 nitrogen and oxygen atoms in total. The first kappa shape index (κ1) is 18.0. The SMILES string of the molecule is O=C(Cc1cccs1)Nc1ccc(N2CCN(C3CCCCC3)C2=O)nc1. The third kappa shape index (κ3) is 4.13. The molecule has 2 aromatic heterocycles. The van der Waals surface area contributed by atoms with Crippen LogP contribution in [0.1, 0.15) is 37.0 Å². The number of thiophene rings is 1. The highest BCUT2D eigenvalue weighted by atomic mass is 32.1. The highest BCUT2D eigenvalue weighted by molar-refractivity contribution is 7.10. The van der Waals surface area contributed by atoms with Gasteiger partial charge in [-0.15, -0.1) is 11.3 Å². The fourth-order valence-corrected chi connectivity index (χ4v) is 4.60. The number of nitrogens with one attached hydrogen (secondary N) is 1. The third-order valence-corrected chi connectivity index (χ3v) is 6.16. The first-order chi connectivity index (χ1) is 13.2. The van der Waals surface area contributed by atoms with Crippen molar-refractivity contribution in [1.29, 1.82) is 0 Å². The quantitative estimate of drug-likeness (QED) is 0.850. The van der Waals surface area contributed by atoms with E-state index in [1.807, 2.05) is 34.5 Å². The van der Waals surface area contributed by atoms with Crippen LogP contribution in [0.3, 0.4) is 0 Å². The zero-order valence-electron chi connectivity index (χ0n) is 15.3. The largest absolute Gasteiger partial charge is 0.326 e. The van der Waals surface area contributed by atoms with Crippen LogP contribution in [0.5, 0.6) is 0 Å². The molecule has 142 valence electrons. The number of carbonyl (C=O) groups is 2. The van der Waals surface area contributed by atoms with Crippen LogP contribution < -0.4 is 10.2 Å². The first-order valence-corrected chi connectivity index (χ1v) is 10.4. The van der Waals surface area contributed by atoms with Gasteiger partial charge < -0.3 is 10.2 Å². The van der Waals surface area contributed by atoms with Gasteiger partial charge in [0.15, 0.2) is 0 Å². The molecule has 0 atom stereocenters. The minimum Gasteiger partial charge on any atom is -0.324 e. The van der Waals surface area contributed by atoms with Crippen LogP contribution in [-0.4, -0.2) is 41.0 Å². The topological polar surface area (TPSA) is 65.5 Å². The second kappa shape index (κ2) is 8.08. The third-order valence-electron chi connectivity index (χ3n) is 5.28. The Morgan fingerprint density at radius 2 is 2.04 bits per heavy atom. The fourth-order valence-electron chi connectivity index (χ4n) is 3.89. The molecule has 1 saturated carbocycles. The number of amides is 3. The number of anilines is 2. The summed E-state index contributed by atoms with van der Waals surface area (Å²) in [5.41, 5.74) is 0.649. The van der Waals surface area contributed by atoms with Crippen molar-refractivity contribution in [3.63, 3.8) is 0 Å². The maximum atomic E-state index is 12.8. The van der Waals surface area contributed by atoms with Crippen molar-refractivity contribution >= 4 is 34.8 Å². The number of urea groups is 1. The molecule has 1 saturated heterocycles. The van der Waals surface area contributed by atoms with E-state index in [9.17, 15) is 9.59 Å². The monoisotopic (exact) mass is 384 g/mol. The Kier molecular flexibility index (Phi) is 5.38. The zero-order valence-corrected chi connectivity index (χ0v) is 16.1. The smallest absolute Gasteiger partial charge is 0.324 e. The molecule has 0 aromatic carbocycles. The molecule has 1 aliphatic carbocycles. The van der Waals surface area contributed by atoms with Crippen LogP contribution in [0.15, 0.2) is 35.8 Å². The van der Waals surface area contributed by atoms with E-state index >= 15 is 0 Å². The van der Waals surface area contributed by atoms with Gasteiger partial charge in [0.05, 0.1) is 18.3 Å². The molecular formula is C20H24N4O2S. The predicted molar refractivity (Wildman–Crippen MR) is 107 cm³/mol. The van der Waals surface area contributed by atoms with Gasteiger partial charge >= 0.3 is 6.03 Å². The normalized spacial score (nSPS) is 18.1. The Morgan fingerprint density at radius 3 is 2.74 bits per heavy atom. The summed E-state index contributed by atoms with van der Waals surface area (Å²) in [4.78, 5) is 34.1. The van der Waals surface area contributed by atoms with Crippen LogP contribution >= 0.6 is 11.3 Å². The summed E-state index contributed by atoms with van der Waals surface area (Å²) < 4.78 is 0. The van der Waals surface area contributed by atoms with Gasteiger partial charge in [0.1, 0.15) is 5.82 Å². The van der Waals surface area contributed by atoms with Gasteiger partial charge in [0.2, 0.25) is 5.91 Å². The highest BCUT2D eigenvalue weighted by Gasteiger charge is 2.35. The Labute approximate surface area is 163 Å². The summed E-state index contributed by atoms with van der Waals surface area (Å²) in [5.74, 6) is 0.585. The van der Waals surface area contributed by atoms with Crippen LogP contribution in [0, 0.1) is 0 Å². The molecule has 7 heteroatoms. The van der Waals surface area contributed by atoms with Gasteiger partial charge in [-0.1, -0.05) is 25.3 Å². The van der Waals surface area contributed by atoms with E-state index in [1.165, 1.54) is 19.3 Å². The fraction of sp³-hybridized carbons (Fsp3) is 0.450. The zero-order chi connectivity index (χ0) is 18.6. The molecular weight excluding hydrogens is 360 g/mol. The Balaban J connectivity index is 1.36. The summed E-state index contributed by atoms with van der Waals surface area (Å²) in [6.45, 7) is 1.44. The molecule has 1 N–H and O–H groups in total. The van der Waals surface area contributed by atoms with Crippen molar-refractivity contribution < 1.29 is 9.59 Å². The Bertz CT molecular complexity index is 785. The lowest BCUT2D eigenvalue weighted by atomic mass is 9.94. The van der Waals surface area contributed by atoms with Gasteiger partial charge in [-0.05, 0) is 36.4 Å². The van der Waals surface area contributed by atoms with Crippen molar-refractivity contribution in [2.24, 2.45) is 0 Å². The predicted octanol–water partition coefficient (Wildman–Crippen LogP) is 3.90. The summed E-state index contributed by atoms with van der Waals surface area (Å²) in [6, 6.07) is 7.94. The number of hydrogen-bond acceptors (Lipinski definition) is 4. The molecule has 3 heterocycles. The lowest BCUT2D eigenvalue weighted by Crippen LogP contribution is -2.40. The average molecular weight is 385 g/mol. The van der Waals surface area contributed by atoms with Gasteiger partial charge in [0.25, 0.3) is 0 Å². The summed E-state index contributed by atoms with van der Waals surface area (Å²) >= 11 is 1.57. The van der Waals surface area contributed by atoms with E-state index in [4.69, 9.17) is 0 Å². The molecule has 2 aliphatic rings. The lowest BCUT2D eigenvalue weighted by molar-refractivity contribution is -0.115. The standard InChI is InChI=1S/C20H24N4O2S/c25-19(13-17-7-4-12-27-17)22-15-8-9-18(21-14-15)24-11-10-23(20(24)26)16-5-2-1-3-6-16/h4,7-9,12,14,16H,1-3,5-6,10-11,13H2,(H,22,25). The molecule has 1 aliphatic heterocycles. The molecule has 0 unspecified atom stereocenters. The van der Waals surface area contributed by atoms with E-state index in [2.05, 4.69) is 10.3 Å². The average Bonchev–Trinajstić information content (AvgIpc) is 3.33. The molecule has 0 bridgehead atoms. The van der Waals surface area contributed by atoms with Crippen molar-refractivity contribution in [3.05, 3.63) is 40.7 Å². The minimum atomic E-state index is -0.0623. The molecule has 4 rings (SSSR count). The van der Waals surface area contributed by atoms with E-state index < -0.39 is 0 Å². The van der Waals surface area contributed by atoms with Crippen LogP contribution in [0.2, 0.25) is 0 Å². The van der Waals surface area contributed by atoms with Crippen molar-refractivity contribution in [2.75, 3.05) is 23.3 Å². The summed E-state index contributed by atoms with van der Waals surface area (Å²) in [6.07, 6.45) is 7.92. The second-order valence-corrected chi connectivity index (χ2v) is 8.16. The van der Waals surface area contributed by atoms with Crippen LogP contribution in [0.4, 0.5) is 16.3 Å². The summed E-state index contributed by atoms with van der Waals surface area (Å²) in [5, 5.41) is 4.82. The molecule has 3 amide bonds.